The third-order valence-electron chi connectivity index (χ3n) is 2.56. The number of fused-ring (bicyclic) bond motifs is 1. The Morgan fingerprint density at radius 3 is 2.62 bits per heavy atom. The molecule has 0 N–H and O–H groups in total. The second-order valence-corrected chi connectivity index (χ2v) is 3.57. The van der Waals surface area contributed by atoms with Gasteiger partial charge in [-0.15, -0.1) is 0 Å². The van der Waals surface area contributed by atoms with Gasteiger partial charge >= 0.3 is 0 Å². The number of hydrogen-bond donors (Lipinski definition) is 0. The van der Waals surface area contributed by atoms with Crippen LogP contribution in [0.4, 0.5) is 4.39 Å². The zero-order valence-electron chi connectivity index (χ0n) is 8.47. The molecule has 0 aliphatic rings. The van der Waals surface area contributed by atoms with Gasteiger partial charge in [-0.2, -0.15) is 0 Å². The SMILES string of the molecule is Fc1ccc(-n2ccc3ncccc32)cc1. The number of pyridine rings is 1. The Labute approximate surface area is 92.0 Å². The van der Waals surface area contributed by atoms with Crippen LogP contribution in [0.25, 0.3) is 16.7 Å². The molecule has 0 saturated heterocycles. The monoisotopic (exact) mass is 212 g/mol. The van der Waals surface area contributed by atoms with Gasteiger partial charge in [-0.1, -0.05) is 0 Å². The van der Waals surface area contributed by atoms with Gasteiger partial charge in [0.1, 0.15) is 5.82 Å². The van der Waals surface area contributed by atoms with E-state index in [4.69, 9.17) is 0 Å². The molecule has 0 unspecified atom stereocenters. The second kappa shape index (κ2) is 3.45. The first-order valence-corrected chi connectivity index (χ1v) is 5.02. The highest BCUT2D eigenvalue weighted by Gasteiger charge is 2.02. The van der Waals surface area contributed by atoms with Crippen molar-refractivity contribution < 1.29 is 4.39 Å². The van der Waals surface area contributed by atoms with Crippen molar-refractivity contribution in [1.82, 2.24) is 9.55 Å². The summed E-state index contributed by atoms with van der Waals surface area (Å²) >= 11 is 0. The summed E-state index contributed by atoms with van der Waals surface area (Å²) < 4.78 is 14.8. The van der Waals surface area contributed by atoms with E-state index in [-0.39, 0.29) is 5.82 Å². The highest BCUT2D eigenvalue weighted by atomic mass is 19.1. The number of aromatic nitrogens is 2. The molecular formula is C13H9FN2. The molecule has 0 spiro atoms. The van der Waals surface area contributed by atoms with E-state index in [1.54, 1.807) is 18.3 Å². The van der Waals surface area contributed by atoms with Gasteiger partial charge in [-0.3, -0.25) is 4.98 Å². The normalized spacial score (nSPS) is 10.8. The number of rotatable bonds is 1. The summed E-state index contributed by atoms with van der Waals surface area (Å²) in [5.41, 5.74) is 2.89. The fourth-order valence-electron chi connectivity index (χ4n) is 1.79. The Balaban J connectivity index is 2.22. The number of hydrogen-bond acceptors (Lipinski definition) is 1. The molecule has 0 atom stereocenters. The predicted molar refractivity (Wildman–Crippen MR) is 61.0 cm³/mol. The zero-order chi connectivity index (χ0) is 11.0. The summed E-state index contributed by atoms with van der Waals surface area (Å²) in [5.74, 6) is -0.224. The van der Waals surface area contributed by atoms with Crippen molar-refractivity contribution in [2.24, 2.45) is 0 Å². The lowest BCUT2D eigenvalue weighted by atomic mass is 10.3. The fraction of sp³-hybridized carbons (Fsp3) is 0. The molecular weight excluding hydrogens is 203 g/mol. The molecule has 2 aromatic heterocycles. The molecule has 3 aromatic rings. The number of benzene rings is 1. The van der Waals surface area contributed by atoms with E-state index >= 15 is 0 Å². The average molecular weight is 212 g/mol. The summed E-state index contributed by atoms with van der Waals surface area (Å²) in [6.45, 7) is 0. The predicted octanol–water partition coefficient (Wildman–Crippen LogP) is 3.16. The number of halogens is 1. The highest BCUT2D eigenvalue weighted by molar-refractivity contribution is 5.77. The number of nitrogens with zero attached hydrogens (tertiary/aromatic N) is 2. The minimum Gasteiger partial charge on any atom is -0.315 e. The molecule has 3 heteroatoms. The summed E-state index contributed by atoms with van der Waals surface area (Å²) in [6.07, 6.45) is 3.70. The van der Waals surface area contributed by atoms with Gasteiger partial charge in [-0.25, -0.2) is 4.39 Å². The molecule has 2 nitrogen and oxygen atoms in total. The van der Waals surface area contributed by atoms with E-state index in [1.165, 1.54) is 12.1 Å². The van der Waals surface area contributed by atoms with Gasteiger partial charge in [0, 0.05) is 18.1 Å². The molecule has 1 aromatic carbocycles. The van der Waals surface area contributed by atoms with E-state index in [2.05, 4.69) is 4.98 Å². The van der Waals surface area contributed by atoms with Gasteiger partial charge in [0.2, 0.25) is 0 Å². The molecule has 0 fully saturated rings. The Hall–Kier alpha value is -2.16. The molecule has 0 aliphatic heterocycles. The van der Waals surface area contributed by atoms with Crippen molar-refractivity contribution in [3.8, 4) is 5.69 Å². The van der Waals surface area contributed by atoms with Gasteiger partial charge in [-0.05, 0) is 42.5 Å². The first-order valence-electron chi connectivity index (χ1n) is 5.02. The molecule has 0 radical (unpaired) electrons. The van der Waals surface area contributed by atoms with E-state index in [9.17, 15) is 4.39 Å². The summed E-state index contributed by atoms with van der Waals surface area (Å²) in [6, 6.07) is 12.2. The molecule has 2 heterocycles. The van der Waals surface area contributed by atoms with E-state index < -0.39 is 0 Å². The molecule has 0 bridgehead atoms. The van der Waals surface area contributed by atoms with Crippen molar-refractivity contribution >= 4 is 11.0 Å². The maximum absolute atomic E-state index is 12.8. The van der Waals surface area contributed by atoms with Gasteiger partial charge in [0.25, 0.3) is 0 Å². The molecule has 16 heavy (non-hydrogen) atoms. The van der Waals surface area contributed by atoms with Gasteiger partial charge < -0.3 is 4.57 Å². The molecule has 0 amide bonds. The quantitative estimate of drug-likeness (QED) is 0.605. The first kappa shape index (κ1) is 9.09. The second-order valence-electron chi connectivity index (χ2n) is 3.57. The maximum atomic E-state index is 12.8. The van der Waals surface area contributed by atoms with E-state index in [0.29, 0.717) is 0 Å². The van der Waals surface area contributed by atoms with Crippen molar-refractivity contribution in [3.05, 3.63) is 60.7 Å². The van der Waals surface area contributed by atoms with Crippen LogP contribution < -0.4 is 0 Å². The average Bonchev–Trinajstić information content (AvgIpc) is 2.74. The first-order chi connectivity index (χ1) is 7.84. The van der Waals surface area contributed by atoms with Crippen molar-refractivity contribution in [2.75, 3.05) is 0 Å². The topological polar surface area (TPSA) is 17.8 Å². The van der Waals surface area contributed by atoms with Crippen LogP contribution >= 0.6 is 0 Å². The standard InChI is InChI=1S/C13H9FN2/c14-10-3-5-11(6-4-10)16-9-7-12-13(16)2-1-8-15-12/h1-9H. The van der Waals surface area contributed by atoms with Crippen LogP contribution in [-0.4, -0.2) is 9.55 Å². The summed E-state index contributed by atoms with van der Waals surface area (Å²) in [5, 5.41) is 0. The van der Waals surface area contributed by atoms with Crippen LogP contribution in [0.3, 0.4) is 0 Å². The minimum atomic E-state index is -0.224. The zero-order valence-corrected chi connectivity index (χ0v) is 8.47. The fourth-order valence-corrected chi connectivity index (χ4v) is 1.79. The van der Waals surface area contributed by atoms with Crippen LogP contribution in [-0.2, 0) is 0 Å². The van der Waals surface area contributed by atoms with Crippen LogP contribution in [0, 0.1) is 5.82 Å². The lowest BCUT2D eigenvalue weighted by Gasteiger charge is -2.04. The molecule has 78 valence electrons. The Morgan fingerprint density at radius 1 is 1.00 bits per heavy atom. The largest absolute Gasteiger partial charge is 0.315 e. The lowest BCUT2D eigenvalue weighted by molar-refractivity contribution is 0.627. The van der Waals surface area contributed by atoms with Crippen molar-refractivity contribution in [2.45, 2.75) is 0 Å². The maximum Gasteiger partial charge on any atom is 0.123 e. The van der Waals surface area contributed by atoms with Crippen LogP contribution in [0.1, 0.15) is 0 Å². The van der Waals surface area contributed by atoms with E-state index in [0.717, 1.165) is 16.7 Å². The smallest absolute Gasteiger partial charge is 0.123 e. The lowest BCUT2D eigenvalue weighted by Crippen LogP contribution is -1.91. The van der Waals surface area contributed by atoms with Crippen molar-refractivity contribution in [3.63, 3.8) is 0 Å². The molecule has 3 rings (SSSR count). The Bertz CT molecular complexity index is 626. The van der Waals surface area contributed by atoms with Crippen LogP contribution in [0.2, 0.25) is 0 Å². The molecule has 0 aliphatic carbocycles. The third kappa shape index (κ3) is 1.37. The van der Waals surface area contributed by atoms with Gasteiger partial charge in [0.15, 0.2) is 0 Å². The molecule has 0 saturated carbocycles. The van der Waals surface area contributed by atoms with E-state index in [1.807, 2.05) is 29.0 Å². The van der Waals surface area contributed by atoms with Crippen LogP contribution in [0.15, 0.2) is 54.9 Å². The Kier molecular flexibility index (Phi) is 1.96. The summed E-state index contributed by atoms with van der Waals surface area (Å²) in [7, 11) is 0. The Morgan fingerprint density at radius 2 is 1.81 bits per heavy atom. The summed E-state index contributed by atoms with van der Waals surface area (Å²) in [4.78, 5) is 4.25. The highest BCUT2D eigenvalue weighted by Crippen LogP contribution is 2.18. The van der Waals surface area contributed by atoms with Crippen molar-refractivity contribution in [1.29, 1.82) is 0 Å². The third-order valence-corrected chi connectivity index (χ3v) is 2.56. The van der Waals surface area contributed by atoms with Crippen LogP contribution in [0.5, 0.6) is 0 Å². The van der Waals surface area contributed by atoms with Gasteiger partial charge in [0.05, 0.1) is 11.0 Å². The minimum absolute atomic E-state index is 0.224.